The fraction of sp³-hybridized carbons (Fsp3) is 0.500. The van der Waals surface area contributed by atoms with Crippen LogP contribution in [0, 0.1) is 0 Å². The van der Waals surface area contributed by atoms with Crippen molar-refractivity contribution in [3.63, 3.8) is 0 Å². The molecule has 1 aliphatic heterocycles. The van der Waals surface area contributed by atoms with Crippen LogP contribution in [-0.4, -0.2) is 48.3 Å². The van der Waals surface area contributed by atoms with E-state index >= 15 is 0 Å². The highest BCUT2D eigenvalue weighted by atomic mass is 16.4. The summed E-state index contributed by atoms with van der Waals surface area (Å²) in [5.41, 5.74) is 0. The maximum Gasteiger partial charge on any atom is 0.328 e. The van der Waals surface area contributed by atoms with Gasteiger partial charge in [-0.05, 0) is 25.7 Å². The van der Waals surface area contributed by atoms with Crippen molar-refractivity contribution in [1.82, 2.24) is 10.6 Å². The highest BCUT2D eigenvalue weighted by Gasteiger charge is 1.92. The summed E-state index contributed by atoms with van der Waals surface area (Å²) in [6.07, 6.45) is 57.5. The van der Waals surface area contributed by atoms with E-state index in [0.29, 0.717) is 0 Å². The van der Waals surface area contributed by atoms with Gasteiger partial charge in [0, 0.05) is 38.3 Å². The van der Waals surface area contributed by atoms with E-state index in [1.807, 2.05) is 48.6 Å². The Morgan fingerprint density at radius 3 is 0.940 bits per heavy atom. The molecule has 6 nitrogen and oxygen atoms in total. The van der Waals surface area contributed by atoms with Crippen LogP contribution < -0.4 is 10.6 Å². The first-order valence-corrected chi connectivity index (χ1v) is 19.1. The molecule has 1 rings (SSSR count). The van der Waals surface area contributed by atoms with Crippen LogP contribution >= 0.6 is 0 Å². The molecule has 0 bridgehead atoms. The van der Waals surface area contributed by atoms with Crippen LogP contribution in [-0.2, 0) is 9.59 Å². The summed E-state index contributed by atoms with van der Waals surface area (Å²) in [6, 6.07) is 0. The van der Waals surface area contributed by atoms with E-state index in [0.717, 1.165) is 51.2 Å². The third-order valence-electron chi connectivity index (χ3n) is 7.21. The van der Waals surface area contributed by atoms with Gasteiger partial charge in [-0.2, -0.15) is 0 Å². The lowest BCUT2D eigenvalue weighted by atomic mass is 10.1. The van der Waals surface area contributed by atoms with E-state index in [-0.39, 0.29) is 0 Å². The fourth-order valence-electron chi connectivity index (χ4n) is 4.44. The number of unbranched alkanes of at least 4 members (excludes halogenated alkanes) is 14. The predicted octanol–water partition coefficient (Wildman–Crippen LogP) is 11.2. The first-order chi connectivity index (χ1) is 24.5. The smallest absolute Gasteiger partial charge is 0.328 e. The van der Waals surface area contributed by atoms with Gasteiger partial charge in [-0.3, -0.25) is 0 Å². The van der Waals surface area contributed by atoms with Gasteiger partial charge >= 0.3 is 11.9 Å². The largest absolute Gasteiger partial charge is 0.478 e. The summed E-state index contributed by atoms with van der Waals surface area (Å²) < 4.78 is 0. The van der Waals surface area contributed by atoms with Crippen molar-refractivity contribution < 1.29 is 19.8 Å². The van der Waals surface area contributed by atoms with Crippen molar-refractivity contribution in [3.05, 3.63) is 122 Å². The molecule has 1 fully saturated rings. The zero-order valence-corrected chi connectivity index (χ0v) is 31.4. The second-order valence-electron chi connectivity index (χ2n) is 11.9. The normalized spacial score (nSPS) is 14.1. The molecule has 0 atom stereocenters. The van der Waals surface area contributed by atoms with Crippen molar-refractivity contribution in [1.29, 1.82) is 0 Å². The molecule has 1 heterocycles. The number of carboxylic acid groups (broad SMARTS) is 2. The van der Waals surface area contributed by atoms with Crippen LogP contribution in [0.2, 0.25) is 0 Å². The van der Waals surface area contributed by atoms with Crippen molar-refractivity contribution in [3.8, 4) is 0 Å². The molecule has 0 amide bonds. The predicted molar refractivity (Wildman–Crippen MR) is 218 cm³/mol. The third kappa shape index (κ3) is 51.1. The molecule has 0 saturated carbocycles. The molecule has 4 N–H and O–H groups in total. The number of hydrogen-bond donors (Lipinski definition) is 4. The van der Waals surface area contributed by atoms with Crippen molar-refractivity contribution >= 4 is 11.9 Å². The minimum absolute atomic E-state index is 0.931. The zero-order chi connectivity index (χ0) is 36.9. The second-order valence-corrected chi connectivity index (χ2v) is 11.9. The summed E-state index contributed by atoms with van der Waals surface area (Å²) >= 11 is 0. The Morgan fingerprint density at radius 1 is 0.400 bits per heavy atom. The molecule has 1 saturated heterocycles. The number of rotatable bonds is 26. The number of piperazine rings is 1. The van der Waals surface area contributed by atoms with Gasteiger partial charge in [0.1, 0.15) is 0 Å². The Kier molecular flexibility index (Phi) is 43.8. The number of allylic oxidation sites excluding steroid dienone is 18. The van der Waals surface area contributed by atoms with Crippen molar-refractivity contribution in [2.24, 2.45) is 0 Å². The molecule has 1 aliphatic rings. The number of nitrogens with one attached hydrogen (secondary N) is 2. The first-order valence-electron chi connectivity index (χ1n) is 19.1. The van der Waals surface area contributed by atoms with Gasteiger partial charge in [-0.15, -0.1) is 0 Å². The maximum atomic E-state index is 10.2. The van der Waals surface area contributed by atoms with Crippen LogP contribution in [0.5, 0.6) is 0 Å². The van der Waals surface area contributed by atoms with Gasteiger partial charge in [0.05, 0.1) is 0 Å². The summed E-state index contributed by atoms with van der Waals surface area (Å²) in [5, 5.41) is 23.2. The van der Waals surface area contributed by atoms with Gasteiger partial charge in [-0.1, -0.05) is 200 Å². The molecule has 6 heteroatoms. The topological polar surface area (TPSA) is 98.7 Å². The van der Waals surface area contributed by atoms with E-state index < -0.39 is 11.9 Å². The Labute approximate surface area is 306 Å². The third-order valence-corrected chi connectivity index (χ3v) is 7.21. The lowest BCUT2D eigenvalue weighted by molar-refractivity contribution is -0.132. The lowest BCUT2D eigenvalue weighted by Crippen LogP contribution is -2.39. The van der Waals surface area contributed by atoms with Crippen molar-refractivity contribution in [2.75, 3.05) is 26.2 Å². The maximum absolute atomic E-state index is 10.2. The molecular weight excluding hydrogens is 620 g/mol. The summed E-state index contributed by atoms with van der Waals surface area (Å²) in [6.45, 7) is 9.06. The minimum atomic E-state index is -0.931. The average molecular weight is 691 g/mol. The fourth-order valence-corrected chi connectivity index (χ4v) is 4.44. The number of carboxylic acids is 2. The Balaban J connectivity index is 0. The Bertz CT molecular complexity index is 964. The molecular formula is C44H70N2O4. The first kappa shape index (κ1) is 48.4. The minimum Gasteiger partial charge on any atom is -0.478 e. The van der Waals surface area contributed by atoms with Gasteiger partial charge in [0.2, 0.25) is 0 Å². The molecule has 0 aromatic heterocycles. The highest BCUT2D eigenvalue weighted by molar-refractivity contribution is 5.80. The van der Waals surface area contributed by atoms with Crippen LogP contribution in [0.25, 0.3) is 0 Å². The van der Waals surface area contributed by atoms with E-state index in [1.54, 1.807) is 24.3 Å². The summed E-state index contributed by atoms with van der Waals surface area (Å²) in [5.74, 6) is -1.86. The second kappa shape index (κ2) is 45.3. The van der Waals surface area contributed by atoms with Crippen LogP contribution in [0.3, 0.4) is 0 Å². The molecule has 280 valence electrons. The average Bonchev–Trinajstić information content (AvgIpc) is 3.12. The number of carbonyl (C=O) groups is 2. The molecule has 0 radical (unpaired) electrons. The van der Waals surface area contributed by atoms with Gasteiger partial charge in [0.25, 0.3) is 0 Å². The molecule has 0 aromatic carbocycles. The Morgan fingerprint density at radius 2 is 0.660 bits per heavy atom. The lowest BCUT2D eigenvalue weighted by Gasteiger charge is -2.11. The number of aliphatic carboxylic acids is 2. The van der Waals surface area contributed by atoms with E-state index in [4.69, 9.17) is 10.2 Å². The molecule has 0 unspecified atom stereocenters. The monoisotopic (exact) mass is 691 g/mol. The van der Waals surface area contributed by atoms with Crippen LogP contribution in [0.15, 0.2) is 122 Å². The SMILES string of the molecule is C1CNCCN1.CCCCCCCCC/C=C/C=C/C=C/C=C/C=C/C(=O)O.CCCCCCCCC/C=C/C=C/C=C/C=C/C=C/C(=O)O. The summed E-state index contributed by atoms with van der Waals surface area (Å²) in [7, 11) is 0. The molecule has 0 aliphatic carbocycles. The van der Waals surface area contributed by atoms with E-state index in [9.17, 15) is 9.59 Å². The van der Waals surface area contributed by atoms with Crippen LogP contribution in [0.1, 0.15) is 117 Å². The molecule has 0 spiro atoms. The molecule has 0 aromatic rings. The van der Waals surface area contributed by atoms with Gasteiger partial charge in [0.15, 0.2) is 0 Å². The van der Waals surface area contributed by atoms with Gasteiger partial charge in [-0.25, -0.2) is 9.59 Å². The quantitative estimate of drug-likeness (QED) is 0.0410. The number of hydrogen-bond acceptors (Lipinski definition) is 4. The standard InChI is InChI=1S/2C20H30O2.C4H10N2/c2*1-2-3-4-5-6-7-8-9-10-11-12-13-14-15-16-17-18-19-20(21)22;1-2-6-4-3-5-1/h2*10-19H,2-9H2,1H3,(H,21,22);5-6H,1-4H2/b2*11-10+,13-12+,15-14+,17-16+,19-18+;. The zero-order valence-electron chi connectivity index (χ0n) is 31.4. The van der Waals surface area contributed by atoms with Crippen molar-refractivity contribution in [2.45, 2.75) is 117 Å². The van der Waals surface area contributed by atoms with Crippen LogP contribution in [0.4, 0.5) is 0 Å². The van der Waals surface area contributed by atoms with E-state index in [1.165, 1.54) is 102 Å². The summed E-state index contributed by atoms with van der Waals surface area (Å²) in [4.78, 5) is 20.4. The molecule has 50 heavy (non-hydrogen) atoms. The highest BCUT2D eigenvalue weighted by Crippen LogP contribution is 2.09. The van der Waals surface area contributed by atoms with E-state index in [2.05, 4.69) is 48.8 Å². The Hall–Kier alpha value is -3.74. The van der Waals surface area contributed by atoms with Gasteiger partial charge < -0.3 is 20.8 Å².